The van der Waals surface area contributed by atoms with Crippen molar-refractivity contribution in [3.8, 4) is 11.5 Å². The maximum atomic E-state index is 13.1. The van der Waals surface area contributed by atoms with Gasteiger partial charge in [0, 0.05) is 42.9 Å². The number of nitrogens with zero attached hydrogens (tertiary/aromatic N) is 1. The van der Waals surface area contributed by atoms with Crippen LogP contribution in [0.15, 0.2) is 65.6 Å². The van der Waals surface area contributed by atoms with E-state index >= 15 is 0 Å². The summed E-state index contributed by atoms with van der Waals surface area (Å²) in [6.07, 6.45) is 0.916. The lowest BCUT2D eigenvalue weighted by Gasteiger charge is -2.30. The van der Waals surface area contributed by atoms with Crippen molar-refractivity contribution >= 4 is 32.4 Å². The van der Waals surface area contributed by atoms with Crippen molar-refractivity contribution in [1.29, 1.82) is 0 Å². The number of benzene rings is 3. The van der Waals surface area contributed by atoms with E-state index in [9.17, 15) is 13.2 Å². The summed E-state index contributed by atoms with van der Waals surface area (Å²) in [5.41, 5.74) is 0.581. The van der Waals surface area contributed by atoms with E-state index in [-0.39, 0.29) is 16.7 Å². The topological polar surface area (TPSA) is 84.9 Å². The van der Waals surface area contributed by atoms with Crippen LogP contribution in [0.3, 0.4) is 0 Å². The van der Waals surface area contributed by atoms with Crippen LogP contribution in [0.2, 0.25) is 0 Å². The summed E-state index contributed by atoms with van der Waals surface area (Å²) in [6.45, 7) is 0.601. The zero-order valence-electron chi connectivity index (χ0n) is 18.1. The van der Waals surface area contributed by atoms with Crippen LogP contribution < -0.4 is 14.8 Å². The summed E-state index contributed by atoms with van der Waals surface area (Å²) < 4.78 is 38.2. The van der Waals surface area contributed by atoms with E-state index in [0.29, 0.717) is 43.1 Å². The molecule has 1 aliphatic heterocycles. The number of ether oxygens (including phenoxy) is 2. The van der Waals surface area contributed by atoms with E-state index in [1.807, 2.05) is 30.3 Å². The molecule has 4 rings (SSSR count). The normalized spacial score (nSPS) is 15.4. The van der Waals surface area contributed by atoms with Crippen molar-refractivity contribution in [3.63, 3.8) is 0 Å². The van der Waals surface area contributed by atoms with Gasteiger partial charge in [0.25, 0.3) is 0 Å². The fraction of sp³-hybridized carbons (Fsp3) is 0.292. The van der Waals surface area contributed by atoms with Crippen LogP contribution >= 0.6 is 0 Å². The molecule has 0 aromatic heterocycles. The zero-order chi connectivity index (χ0) is 22.7. The number of sulfonamides is 1. The van der Waals surface area contributed by atoms with Crippen LogP contribution in [0.25, 0.3) is 10.8 Å². The Balaban J connectivity index is 1.42. The molecule has 8 heteroatoms. The second kappa shape index (κ2) is 9.18. The van der Waals surface area contributed by atoms with Gasteiger partial charge in [-0.05, 0) is 35.7 Å². The lowest BCUT2D eigenvalue weighted by Crippen LogP contribution is -2.41. The first-order valence-corrected chi connectivity index (χ1v) is 11.9. The number of hydrogen-bond acceptors (Lipinski definition) is 5. The summed E-state index contributed by atoms with van der Waals surface area (Å²) in [7, 11) is -0.516. The molecular weight excluding hydrogens is 428 g/mol. The number of carbonyl (C=O) groups excluding carboxylic acids is 1. The molecular formula is C24H26N2O5S. The van der Waals surface area contributed by atoms with Crippen LogP contribution in [-0.2, 0) is 14.8 Å². The highest BCUT2D eigenvalue weighted by molar-refractivity contribution is 7.89. The minimum absolute atomic E-state index is 0.136. The quantitative estimate of drug-likeness (QED) is 0.611. The number of anilines is 1. The molecule has 168 valence electrons. The molecule has 7 nitrogen and oxygen atoms in total. The van der Waals surface area contributed by atoms with Crippen molar-refractivity contribution in [1.82, 2.24) is 4.31 Å². The maximum Gasteiger partial charge on any atom is 0.243 e. The fourth-order valence-corrected chi connectivity index (χ4v) is 5.46. The SMILES string of the molecule is COc1cc(NC(=O)C2CCN(S(=O)(=O)c3ccc4ccccc4c3)CC2)cc(OC)c1. The number of methoxy groups -OCH3 is 2. The molecule has 3 aromatic rings. The van der Waals surface area contributed by atoms with E-state index < -0.39 is 10.0 Å². The Kier molecular flexibility index (Phi) is 6.34. The number of rotatable bonds is 6. The minimum Gasteiger partial charge on any atom is -0.497 e. The molecule has 0 spiro atoms. The Bertz CT molecular complexity index is 1210. The monoisotopic (exact) mass is 454 g/mol. The lowest BCUT2D eigenvalue weighted by atomic mass is 9.97. The van der Waals surface area contributed by atoms with E-state index in [1.165, 1.54) is 4.31 Å². The second-order valence-electron chi connectivity index (χ2n) is 7.78. The molecule has 0 radical (unpaired) electrons. The molecule has 1 aliphatic rings. The fourth-order valence-electron chi connectivity index (χ4n) is 3.96. The Morgan fingerprint density at radius 2 is 1.53 bits per heavy atom. The summed E-state index contributed by atoms with van der Waals surface area (Å²) in [4.78, 5) is 13.1. The van der Waals surface area contributed by atoms with Gasteiger partial charge in [-0.15, -0.1) is 0 Å². The van der Waals surface area contributed by atoms with Crippen molar-refractivity contribution < 1.29 is 22.7 Å². The van der Waals surface area contributed by atoms with E-state index in [0.717, 1.165) is 10.8 Å². The molecule has 1 N–H and O–H groups in total. The first-order chi connectivity index (χ1) is 15.4. The zero-order valence-corrected chi connectivity index (χ0v) is 18.9. The molecule has 1 heterocycles. The second-order valence-corrected chi connectivity index (χ2v) is 9.72. The third-order valence-electron chi connectivity index (χ3n) is 5.80. The molecule has 0 saturated carbocycles. The molecule has 0 unspecified atom stereocenters. The van der Waals surface area contributed by atoms with E-state index in [1.54, 1.807) is 44.6 Å². The van der Waals surface area contributed by atoms with Crippen LogP contribution in [-0.4, -0.2) is 45.9 Å². The van der Waals surface area contributed by atoms with Gasteiger partial charge in [-0.2, -0.15) is 4.31 Å². The summed E-state index contributed by atoms with van der Waals surface area (Å²) in [6, 6.07) is 18.0. The molecule has 0 aliphatic carbocycles. The van der Waals surface area contributed by atoms with Crippen LogP contribution in [0.1, 0.15) is 12.8 Å². The standard InChI is InChI=1S/C24H26N2O5S/c1-30-21-14-20(15-22(16-21)31-2)25-24(27)18-9-11-26(12-10-18)32(28,29)23-8-7-17-5-3-4-6-19(17)13-23/h3-8,13-16,18H,9-12H2,1-2H3,(H,25,27). The highest BCUT2D eigenvalue weighted by Crippen LogP contribution is 2.29. The van der Waals surface area contributed by atoms with Crippen molar-refractivity contribution in [2.75, 3.05) is 32.6 Å². The molecule has 32 heavy (non-hydrogen) atoms. The van der Waals surface area contributed by atoms with Gasteiger partial charge in [0.15, 0.2) is 0 Å². The van der Waals surface area contributed by atoms with Gasteiger partial charge in [0.2, 0.25) is 15.9 Å². The third kappa shape index (κ3) is 4.56. The Labute approximate surface area is 188 Å². The van der Waals surface area contributed by atoms with Gasteiger partial charge in [0.05, 0.1) is 19.1 Å². The molecule has 0 atom stereocenters. The number of carbonyl (C=O) groups is 1. The Morgan fingerprint density at radius 1 is 0.906 bits per heavy atom. The molecule has 1 fully saturated rings. The van der Waals surface area contributed by atoms with Gasteiger partial charge in [-0.1, -0.05) is 30.3 Å². The first-order valence-electron chi connectivity index (χ1n) is 10.4. The van der Waals surface area contributed by atoms with Gasteiger partial charge in [-0.25, -0.2) is 8.42 Å². The largest absolute Gasteiger partial charge is 0.497 e. The van der Waals surface area contributed by atoms with Crippen molar-refractivity contribution in [2.45, 2.75) is 17.7 Å². The molecule has 1 saturated heterocycles. The molecule has 0 bridgehead atoms. The summed E-state index contributed by atoms with van der Waals surface area (Å²) in [5.74, 6) is 0.755. The average Bonchev–Trinajstić information content (AvgIpc) is 2.83. The van der Waals surface area contributed by atoms with Gasteiger partial charge >= 0.3 is 0 Å². The number of hydrogen-bond donors (Lipinski definition) is 1. The van der Waals surface area contributed by atoms with E-state index in [4.69, 9.17) is 9.47 Å². The Hall–Kier alpha value is -3.10. The van der Waals surface area contributed by atoms with Crippen LogP contribution in [0.5, 0.6) is 11.5 Å². The Morgan fingerprint density at radius 3 is 2.16 bits per heavy atom. The van der Waals surface area contributed by atoms with Gasteiger partial charge < -0.3 is 14.8 Å². The lowest BCUT2D eigenvalue weighted by molar-refractivity contribution is -0.120. The van der Waals surface area contributed by atoms with Gasteiger partial charge in [-0.3, -0.25) is 4.79 Å². The predicted octanol–water partition coefficient (Wildman–Crippen LogP) is 3.90. The number of fused-ring (bicyclic) bond motifs is 1. The minimum atomic E-state index is -3.61. The molecule has 3 aromatic carbocycles. The average molecular weight is 455 g/mol. The van der Waals surface area contributed by atoms with Crippen molar-refractivity contribution in [3.05, 3.63) is 60.7 Å². The van der Waals surface area contributed by atoms with E-state index in [2.05, 4.69) is 5.32 Å². The first kappa shape index (κ1) is 22.1. The van der Waals surface area contributed by atoms with Crippen LogP contribution in [0.4, 0.5) is 5.69 Å². The predicted molar refractivity (Wildman–Crippen MR) is 124 cm³/mol. The highest BCUT2D eigenvalue weighted by Gasteiger charge is 2.32. The highest BCUT2D eigenvalue weighted by atomic mass is 32.2. The summed E-state index contributed by atoms with van der Waals surface area (Å²) >= 11 is 0. The number of nitrogens with one attached hydrogen (secondary N) is 1. The maximum absolute atomic E-state index is 13.1. The summed E-state index contributed by atoms with van der Waals surface area (Å²) in [5, 5.41) is 4.78. The molecule has 1 amide bonds. The van der Waals surface area contributed by atoms with Crippen molar-refractivity contribution in [2.24, 2.45) is 5.92 Å². The van der Waals surface area contributed by atoms with Gasteiger partial charge in [0.1, 0.15) is 11.5 Å². The number of piperidine rings is 1. The number of amides is 1. The van der Waals surface area contributed by atoms with Crippen LogP contribution in [0, 0.1) is 5.92 Å². The smallest absolute Gasteiger partial charge is 0.243 e. The third-order valence-corrected chi connectivity index (χ3v) is 7.70.